The van der Waals surface area contributed by atoms with Crippen LogP contribution in [0.5, 0.6) is 0 Å². The fourth-order valence-corrected chi connectivity index (χ4v) is 3.11. The molecule has 1 saturated heterocycles. The van der Waals surface area contributed by atoms with Crippen molar-refractivity contribution in [1.82, 2.24) is 4.90 Å². The van der Waals surface area contributed by atoms with E-state index in [-0.39, 0.29) is 24.4 Å². The van der Waals surface area contributed by atoms with Crippen molar-refractivity contribution in [2.45, 2.75) is 64.0 Å². The highest BCUT2D eigenvalue weighted by Crippen LogP contribution is 2.27. The van der Waals surface area contributed by atoms with Crippen LogP contribution in [0.3, 0.4) is 0 Å². The Morgan fingerprint density at radius 3 is 2.59 bits per heavy atom. The molecule has 1 saturated carbocycles. The van der Waals surface area contributed by atoms with Gasteiger partial charge in [0.25, 0.3) is 0 Å². The molecule has 0 aromatic rings. The molecule has 17 heavy (non-hydrogen) atoms. The molecule has 0 aromatic heterocycles. The molecule has 1 heterocycles. The number of carbonyl (C=O) groups is 1. The number of likely N-dealkylation sites (tertiary alicyclic amines) is 1. The molecule has 1 aliphatic heterocycles. The summed E-state index contributed by atoms with van der Waals surface area (Å²) in [6.07, 6.45) is 7.80. The molecule has 0 radical (unpaired) electrons. The molecule has 1 aliphatic carbocycles. The van der Waals surface area contributed by atoms with Gasteiger partial charge in [0.15, 0.2) is 0 Å². The summed E-state index contributed by atoms with van der Waals surface area (Å²) in [5.41, 5.74) is 5.96. The van der Waals surface area contributed by atoms with Gasteiger partial charge in [0.2, 0.25) is 5.91 Å². The average molecular weight is 261 g/mol. The number of rotatable bonds is 1. The van der Waals surface area contributed by atoms with E-state index < -0.39 is 0 Å². The fourth-order valence-electron chi connectivity index (χ4n) is 3.11. The molecule has 3 nitrogen and oxygen atoms in total. The van der Waals surface area contributed by atoms with E-state index in [1.165, 1.54) is 19.3 Å². The first-order valence-electron chi connectivity index (χ1n) is 6.74. The van der Waals surface area contributed by atoms with Crippen molar-refractivity contribution in [3.63, 3.8) is 0 Å². The summed E-state index contributed by atoms with van der Waals surface area (Å²) >= 11 is 0. The number of piperidine rings is 1. The van der Waals surface area contributed by atoms with Crippen LogP contribution in [0, 0.1) is 5.92 Å². The maximum absolute atomic E-state index is 12.4. The van der Waals surface area contributed by atoms with E-state index in [0.717, 1.165) is 32.2 Å². The zero-order valence-electron chi connectivity index (χ0n) is 10.7. The van der Waals surface area contributed by atoms with Gasteiger partial charge >= 0.3 is 0 Å². The second-order valence-electron chi connectivity index (χ2n) is 5.50. The van der Waals surface area contributed by atoms with E-state index in [0.29, 0.717) is 11.9 Å². The van der Waals surface area contributed by atoms with Gasteiger partial charge in [-0.2, -0.15) is 0 Å². The van der Waals surface area contributed by atoms with E-state index in [4.69, 9.17) is 5.73 Å². The van der Waals surface area contributed by atoms with Crippen LogP contribution >= 0.6 is 12.4 Å². The molecule has 2 fully saturated rings. The Balaban J connectivity index is 0.00000144. The van der Waals surface area contributed by atoms with Gasteiger partial charge in [0, 0.05) is 24.5 Å². The molecule has 4 heteroatoms. The highest BCUT2D eigenvalue weighted by molar-refractivity contribution is 5.85. The lowest BCUT2D eigenvalue weighted by Gasteiger charge is -2.37. The molecule has 0 aromatic carbocycles. The molecule has 2 rings (SSSR count). The highest BCUT2D eigenvalue weighted by atomic mass is 35.5. The molecule has 3 atom stereocenters. The van der Waals surface area contributed by atoms with Crippen LogP contribution < -0.4 is 5.73 Å². The van der Waals surface area contributed by atoms with Crippen LogP contribution in [0.1, 0.15) is 51.9 Å². The summed E-state index contributed by atoms with van der Waals surface area (Å²) in [7, 11) is 0. The molecule has 2 aliphatic rings. The quantitative estimate of drug-likeness (QED) is 0.787. The molecular formula is C13H25ClN2O. The lowest BCUT2D eigenvalue weighted by molar-refractivity contribution is -0.140. The first-order valence-corrected chi connectivity index (χ1v) is 6.74. The smallest absolute Gasteiger partial charge is 0.225 e. The molecule has 1 amide bonds. The first kappa shape index (κ1) is 14.8. The van der Waals surface area contributed by atoms with Gasteiger partial charge in [-0.25, -0.2) is 0 Å². The van der Waals surface area contributed by atoms with Crippen molar-refractivity contribution in [3.05, 3.63) is 0 Å². The fraction of sp³-hybridized carbons (Fsp3) is 0.923. The molecular weight excluding hydrogens is 236 g/mol. The summed E-state index contributed by atoms with van der Waals surface area (Å²) in [6, 6.07) is 0.696. The van der Waals surface area contributed by atoms with E-state index in [2.05, 4.69) is 11.8 Å². The number of amides is 1. The van der Waals surface area contributed by atoms with Crippen LogP contribution in [0.15, 0.2) is 0 Å². The number of hydrogen-bond donors (Lipinski definition) is 1. The summed E-state index contributed by atoms with van der Waals surface area (Å²) < 4.78 is 0. The van der Waals surface area contributed by atoms with Gasteiger partial charge in [0.05, 0.1) is 0 Å². The van der Waals surface area contributed by atoms with Crippen molar-refractivity contribution >= 4 is 18.3 Å². The minimum absolute atomic E-state index is 0. The van der Waals surface area contributed by atoms with Gasteiger partial charge in [-0.1, -0.05) is 6.42 Å². The molecule has 0 spiro atoms. The number of hydrogen-bond acceptors (Lipinski definition) is 2. The SMILES string of the molecule is CC1CCCCN1C(=O)C1CCCC(N)C1.Cl. The van der Waals surface area contributed by atoms with E-state index >= 15 is 0 Å². The third-order valence-electron chi connectivity index (χ3n) is 4.15. The monoisotopic (exact) mass is 260 g/mol. The summed E-state index contributed by atoms with van der Waals surface area (Å²) in [5.74, 6) is 0.589. The van der Waals surface area contributed by atoms with E-state index in [1.54, 1.807) is 0 Å². The maximum atomic E-state index is 12.4. The standard InChI is InChI=1S/C13H24N2O.ClH/c1-10-5-2-3-8-15(10)13(16)11-6-4-7-12(14)9-11;/h10-12H,2-9,14H2,1H3;1H. The largest absolute Gasteiger partial charge is 0.340 e. The summed E-state index contributed by atoms with van der Waals surface area (Å²) in [4.78, 5) is 14.5. The summed E-state index contributed by atoms with van der Waals surface area (Å²) in [6.45, 7) is 3.14. The minimum atomic E-state index is 0. The predicted molar refractivity (Wildman–Crippen MR) is 72.2 cm³/mol. The first-order chi connectivity index (χ1) is 7.68. The normalized spacial score (nSPS) is 34.0. The lowest BCUT2D eigenvalue weighted by atomic mass is 9.84. The predicted octanol–water partition coefficient (Wildman–Crippen LogP) is 2.33. The van der Waals surface area contributed by atoms with Crippen molar-refractivity contribution in [2.75, 3.05) is 6.54 Å². The van der Waals surface area contributed by atoms with E-state index in [1.807, 2.05) is 0 Å². The second-order valence-corrected chi connectivity index (χ2v) is 5.50. The van der Waals surface area contributed by atoms with Gasteiger partial charge in [0.1, 0.15) is 0 Å². The topological polar surface area (TPSA) is 46.3 Å². The minimum Gasteiger partial charge on any atom is -0.340 e. The Morgan fingerprint density at radius 1 is 1.18 bits per heavy atom. The van der Waals surface area contributed by atoms with Crippen molar-refractivity contribution in [2.24, 2.45) is 11.7 Å². The average Bonchev–Trinajstić information content (AvgIpc) is 2.29. The highest BCUT2D eigenvalue weighted by Gasteiger charge is 2.31. The zero-order chi connectivity index (χ0) is 11.5. The number of nitrogens with zero attached hydrogens (tertiary/aromatic N) is 1. The Bertz CT molecular complexity index is 260. The summed E-state index contributed by atoms with van der Waals surface area (Å²) in [5, 5.41) is 0. The Labute approximate surface area is 111 Å². The Morgan fingerprint density at radius 2 is 1.94 bits per heavy atom. The number of halogens is 1. The Kier molecular flexibility index (Phi) is 5.74. The maximum Gasteiger partial charge on any atom is 0.225 e. The van der Waals surface area contributed by atoms with Crippen LogP contribution in [0.4, 0.5) is 0 Å². The van der Waals surface area contributed by atoms with Gasteiger partial charge in [-0.15, -0.1) is 12.4 Å². The van der Waals surface area contributed by atoms with Gasteiger partial charge in [-0.3, -0.25) is 4.79 Å². The number of carbonyl (C=O) groups excluding carboxylic acids is 1. The van der Waals surface area contributed by atoms with Crippen molar-refractivity contribution in [1.29, 1.82) is 0 Å². The van der Waals surface area contributed by atoms with Crippen molar-refractivity contribution in [3.8, 4) is 0 Å². The van der Waals surface area contributed by atoms with E-state index in [9.17, 15) is 4.79 Å². The molecule has 0 bridgehead atoms. The lowest BCUT2D eigenvalue weighted by Crippen LogP contribution is -2.47. The van der Waals surface area contributed by atoms with Gasteiger partial charge < -0.3 is 10.6 Å². The zero-order valence-corrected chi connectivity index (χ0v) is 11.5. The molecule has 3 unspecified atom stereocenters. The third kappa shape index (κ3) is 3.59. The van der Waals surface area contributed by atoms with Crippen LogP contribution in [-0.2, 0) is 4.79 Å². The van der Waals surface area contributed by atoms with Crippen LogP contribution in [0.2, 0.25) is 0 Å². The molecule has 100 valence electrons. The molecule has 2 N–H and O–H groups in total. The van der Waals surface area contributed by atoms with Crippen LogP contribution in [-0.4, -0.2) is 29.4 Å². The van der Waals surface area contributed by atoms with Crippen LogP contribution in [0.25, 0.3) is 0 Å². The Hall–Kier alpha value is -0.280. The van der Waals surface area contributed by atoms with Gasteiger partial charge in [-0.05, 0) is 45.4 Å². The second kappa shape index (κ2) is 6.60. The number of nitrogens with two attached hydrogens (primary N) is 1. The third-order valence-corrected chi connectivity index (χ3v) is 4.15. The van der Waals surface area contributed by atoms with Crippen molar-refractivity contribution < 1.29 is 4.79 Å².